The lowest BCUT2D eigenvalue weighted by atomic mass is 9.77. The number of nitrogens with two attached hydrogens (primary N) is 1. The Hall–Kier alpha value is -0.610. The zero-order chi connectivity index (χ0) is 13.8. The van der Waals surface area contributed by atoms with Gasteiger partial charge in [0.15, 0.2) is 0 Å². The van der Waals surface area contributed by atoms with Crippen molar-refractivity contribution in [1.82, 2.24) is 5.32 Å². The minimum Gasteiger partial charge on any atom is -0.378 e. The molecular formula is C14H28N2O2. The molecule has 18 heavy (non-hydrogen) atoms. The Balaban J connectivity index is 2.24. The maximum atomic E-state index is 11.8. The number of amides is 1. The lowest BCUT2D eigenvalue weighted by molar-refractivity contribution is -0.134. The van der Waals surface area contributed by atoms with Crippen LogP contribution in [0.3, 0.4) is 0 Å². The molecular weight excluding hydrogens is 228 g/mol. The van der Waals surface area contributed by atoms with Gasteiger partial charge in [-0.1, -0.05) is 20.8 Å². The molecule has 4 nitrogen and oxygen atoms in total. The maximum absolute atomic E-state index is 11.8. The normalized spacial score (nSPS) is 20.1. The van der Waals surface area contributed by atoms with Gasteiger partial charge in [0.05, 0.1) is 12.0 Å². The van der Waals surface area contributed by atoms with Crippen molar-refractivity contribution >= 4 is 5.91 Å². The van der Waals surface area contributed by atoms with Crippen LogP contribution in [0, 0.1) is 5.41 Å². The lowest BCUT2D eigenvalue weighted by Crippen LogP contribution is -2.46. The van der Waals surface area contributed by atoms with Crippen LogP contribution in [0.1, 0.15) is 52.9 Å². The van der Waals surface area contributed by atoms with Crippen molar-refractivity contribution in [3.8, 4) is 0 Å². The van der Waals surface area contributed by atoms with E-state index in [4.69, 9.17) is 10.5 Å². The van der Waals surface area contributed by atoms with Crippen molar-refractivity contribution in [2.75, 3.05) is 13.7 Å². The molecule has 0 saturated heterocycles. The van der Waals surface area contributed by atoms with Crippen molar-refractivity contribution in [3.05, 3.63) is 0 Å². The van der Waals surface area contributed by atoms with Crippen LogP contribution < -0.4 is 11.1 Å². The molecule has 106 valence electrons. The molecule has 0 spiro atoms. The molecule has 0 heterocycles. The average Bonchev–Trinajstić information content (AvgIpc) is 2.18. The van der Waals surface area contributed by atoms with Gasteiger partial charge in [-0.05, 0) is 31.1 Å². The smallest absolute Gasteiger partial charge is 0.222 e. The fraction of sp³-hybridized carbons (Fsp3) is 0.929. The number of methoxy groups -OCH3 is 1. The summed E-state index contributed by atoms with van der Waals surface area (Å²) in [6, 6.07) is 0.0221. The van der Waals surface area contributed by atoms with Crippen LogP contribution in [0.25, 0.3) is 0 Å². The molecule has 1 rings (SSSR count). The molecule has 1 unspecified atom stereocenters. The third kappa shape index (κ3) is 4.94. The molecule has 1 amide bonds. The molecule has 1 aliphatic rings. The first-order chi connectivity index (χ1) is 8.26. The Kier molecular flexibility index (Phi) is 5.17. The zero-order valence-electron chi connectivity index (χ0n) is 12.2. The van der Waals surface area contributed by atoms with E-state index in [0.717, 1.165) is 25.7 Å². The summed E-state index contributed by atoms with van der Waals surface area (Å²) in [6.07, 6.45) is 4.51. The minimum absolute atomic E-state index is 0.0221. The first kappa shape index (κ1) is 15.4. The second-order valence-electron chi connectivity index (χ2n) is 6.75. The van der Waals surface area contributed by atoms with Gasteiger partial charge in [0.1, 0.15) is 0 Å². The number of nitrogens with one attached hydrogen (secondary N) is 1. The summed E-state index contributed by atoms with van der Waals surface area (Å²) in [5, 5.41) is 2.92. The van der Waals surface area contributed by atoms with Crippen LogP contribution in [-0.2, 0) is 9.53 Å². The van der Waals surface area contributed by atoms with Crippen molar-refractivity contribution in [1.29, 1.82) is 0 Å². The summed E-state index contributed by atoms with van der Waals surface area (Å²) in [5.41, 5.74) is 6.01. The van der Waals surface area contributed by atoms with Gasteiger partial charge in [-0.15, -0.1) is 0 Å². The van der Waals surface area contributed by atoms with E-state index < -0.39 is 0 Å². The van der Waals surface area contributed by atoms with Gasteiger partial charge in [0.25, 0.3) is 0 Å². The summed E-state index contributed by atoms with van der Waals surface area (Å²) in [7, 11) is 1.69. The largest absolute Gasteiger partial charge is 0.378 e. The highest BCUT2D eigenvalue weighted by Gasteiger charge is 2.38. The zero-order valence-corrected chi connectivity index (χ0v) is 12.2. The topological polar surface area (TPSA) is 64.3 Å². The fourth-order valence-corrected chi connectivity index (χ4v) is 2.48. The van der Waals surface area contributed by atoms with Crippen molar-refractivity contribution in [3.63, 3.8) is 0 Å². The third-order valence-corrected chi connectivity index (χ3v) is 3.62. The van der Waals surface area contributed by atoms with Crippen LogP contribution in [-0.4, -0.2) is 31.2 Å². The lowest BCUT2D eigenvalue weighted by Gasteiger charge is -2.40. The van der Waals surface area contributed by atoms with Crippen LogP contribution in [0.5, 0.6) is 0 Å². The van der Waals surface area contributed by atoms with Crippen molar-refractivity contribution < 1.29 is 9.53 Å². The monoisotopic (exact) mass is 256 g/mol. The highest BCUT2D eigenvalue weighted by Crippen LogP contribution is 2.37. The van der Waals surface area contributed by atoms with E-state index in [1.54, 1.807) is 7.11 Å². The van der Waals surface area contributed by atoms with Gasteiger partial charge >= 0.3 is 0 Å². The fourth-order valence-electron chi connectivity index (χ4n) is 2.48. The molecule has 4 heteroatoms. The van der Waals surface area contributed by atoms with E-state index in [2.05, 4.69) is 26.1 Å². The summed E-state index contributed by atoms with van der Waals surface area (Å²) in [4.78, 5) is 11.8. The Morgan fingerprint density at radius 1 is 1.44 bits per heavy atom. The van der Waals surface area contributed by atoms with Crippen molar-refractivity contribution in [2.45, 2.75) is 64.5 Å². The first-order valence-corrected chi connectivity index (χ1v) is 6.84. The second kappa shape index (κ2) is 6.02. The molecule has 0 aromatic carbocycles. The van der Waals surface area contributed by atoms with Gasteiger partial charge in [0, 0.05) is 19.7 Å². The van der Waals surface area contributed by atoms with E-state index in [0.29, 0.717) is 13.0 Å². The van der Waals surface area contributed by atoms with Gasteiger partial charge < -0.3 is 15.8 Å². The van der Waals surface area contributed by atoms with E-state index in [1.807, 2.05) is 0 Å². The molecule has 0 aliphatic heterocycles. The van der Waals surface area contributed by atoms with Crippen molar-refractivity contribution in [2.24, 2.45) is 11.1 Å². The van der Waals surface area contributed by atoms with Gasteiger partial charge in [-0.2, -0.15) is 0 Å². The van der Waals surface area contributed by atoms with Gasteiger partial charge in [-0.25, -0.2) is 0 Å². The molecule has 1 atom stereocenters. The molecule has 0 aromatic heterocycles. The number of hydrogen-bond acceptors (Lipinski definition) is 3. The maximum Gasteiger partial charge on any atom is 0.222 e. The Bertz CT molecular complexity index is 274. The quantitative estimate of drug-likeness (QED) is 0.762. The standard InChI is InChI=1S/C14H28N2O2/c1-13(2,3)8-11(15)10-16-12(17)9-14(18-4)6-5-7-14/h11H,5-10,15H2,1-4H3,(H,16,17). The first-order valence-electron chi connectivity index (χ1n) is 6.84. The number of carbonyl (C=O) groups is 1. The summed E-state index contributed by atoms with van der Waals surface area (Å²) >= 11 is 0. The van der Waals surface area contributed by atoms with E-state index in [9.17, 15) is 4.79 Å². The average molecular weight is 256 g/mol. The molecule has 0 bridgehead atoms. The highest BCUT2D eigenvalue weighted by molar-refractivity contribution is 5.77. The predicted molar refractivity (Wildman–Crippen MR) is 73.3 cm³/mol. The minimum atomic E-state index is -0.196. The molecule has 1 aliphatic carbocycles. The second-order valence-corrected chi connectivity index (χ2v) is 6.75. The molecule has 3 N–H and O–H groups in total. The Morgan fingerprint density at radius 3 is 2.44 bits per heavy atom. The molecule has 0 radical (unpaired) electrons. The third-order valence-electron chi connectivity index (χ3n) is 3.62. The number of ether oxygens (including phenoxy) is 1. The van der Waals surface area contributed by atoms with E-state index in [-0.39, 0.29) is 23.0 Å². The van der Waals surface area contributed by atoms with Gasteiger partial charge in [-0.3, -0.25) is 4.79 Å². The van der Waals surface area contributed by atoms with E-state index >= 15 is 0 Å². The Labute approximate surface area is 111 Å². The SMILES string of the molecule is COC1(CC(=O)NCC(N)CC(C)(C)C)CCC1. The molecule has 1 saturated carbocycles. The Morgan fingerprint density at radius 2 is 2.06 bits per heavy atom. The summed E-state index contributed by atoms with van der Waals surface area (Å²) in [6.45, 7) is 7.02. The van der Waals surface area contributed by atoms with Crippen LogP contribution in [0.2, 0.25) is 0 Å². The van der Waals surface area contributed by atoms with Crippen LogP contribution in [0.4, 0.5) is 0 Å². The van der Waals surface area contributed by atoms with Gasteiger partial charge in [0.2, 0.25) is 5.91 Å². The van der Waals surface area contributed by atoms with Crippen LogP contribution >= 0.6 is 0 Å². The number of hydrogen-bond donors (Lipinski definition) is 2. The molecule has 1 fully saturated rings. The summed E-state index contributed by atoms with van der Waals surface area (Å²) in [5.74, 6) is 0.0564. The highest BCUT2D eigenvalue weighted by atomic mass is 16.5. The van der Waals surface area contributed by atoms with E-state index in [1.165, 1.54) is 0 Å². The predicted octanol–water partition coefficient (Wildman–Crippen LogP) is 1.83. The molecule has 0 aromatic rings. The number of carbonyl (C=O) groups excluding carboxylic acids is 1. The van der Waals surface area contributed by atoms with Crippen LogP contribution in [0.15, 0.2) is 0 Å². The number of rotatable bonds is 6. The summed E-state index contributed by atoms with van der Waals surface area (Å²) < 4.78 is 5.44.